The van der Waals surface area contributed by atoms with E-state index in [9.17, 15) is 0 Å². The molecule has 0 spiro atoms. The number of hydrogen-bond donors (Lipinski definition) is 1. The van der Waals surface area contributed by atoms with Crippen molar-refractivity contribution in [3.05, 3.63) is 42.2 Å². The molecule has 16 heavy (non-hydrogen) atoms. The number of benzene rings is 1. The van der Waals surface area contributed by atoms with Gasteiger partial charge >= 0.3 is 0 Å². The van der Waals surface area contributed by atoms with Crippen LogP contribution in [0.15, 0.2) is 41.6 Å². The van der Waals surface area contributed by atoms with E-state index in [1.807, 2.05) is 42.3 Å². The average Bonchev–Trinajstić information content (AvgIpc) is 2.64. The van der Waals surface area contributed by atoms with Gasteiger partial charge in [0, 0.05) is 29.1 Å². The monoisotopic (exact) mass is 233 g/mol. The standard InChI is InChI=1S/C12H15N3S/c1-9(10-4-3-5-11(13)6-10)16-12-7-14-15(2)8-12/h3-9H,13H2,1-2H3. The zero-order valence-electron chi connectivity index (χ0n) is 9.42. The lowest BCUT2D eigenvalue weighted by molar-refractivity contribution is 0.766. The van der Waals surface area contributed by atoms with Crippen molar-refractivity contribution in [1.29, 1.82) is 0 Å². The molecule has 2 N–H and O–H groups in total. The van der Waals surface area contributed by atoms with Crippen LogP contribution in [0.25, 0.3) is 0 Å². The second kappa shape index (κ2) is 4.61. The molecule has 0 aliphatic carbocycles. The summed E-state index contributed by atoms with van der Waals surface area (Å²) in [6.07, 6.45) is 3.90. The zero-order valence-corrected chi connectivity index (χ0v) is 10.2. The number of aryl methyl sites for hydroxylation is 1. The summed E-state index contributed by atoms with van der Waals surface area (Å²) in [4.78, 5) is 1.18. The van der Waals surface area contributed by atoms with Gasteiger partial charge in [-0.15, -0.1) is 11.8 Å². The van der Waals surface area contributed by atoms with Crippen LogP contribution in [-0.4, -0.2) is 9.78 Å². The molecule has 84 valence electrons. The second-order valence-corrected chi connectivity index (χ2v) is 5.19. The highest BCUT2D eigenvalue weighted by Crippen LogP contribution is 2.34. The molecule has 0 radical (unpaired) electrons. The smallest absolute Gasteiger partial charge is 0.0626 e. The maximum Gasteiger partial charge on any atom is 0.0626 e. The fourth-order valence-electron chi connectivity index (χ4n) is 1.54. The second-order valence-electron chi connectivity index (χ2n) is 3.78. The van der Waals surface area contributed by atoms with Crippen LogP contribution >= 0.6 is 11.8 Å². The molecule has 1 unspecified atom stereocenters. The van der Waals surface area contributed by atoms with Gasteiger partial charge in [-0.2, -0.15) is 5.10 Å². The van der Waals surface area contributed by atoms with Crippen molar-refractivity contribution in [2.45, 2.75) is 17.1 Å². The van der Waals surface area contributed by atoms with E-state index in [0.29, 0.717) is 5.25 Å². The SMILES string of the molecule is CC(Sc1cnn(C)c1)c1cccc(N)c1. The summed E-state index contributed by atoms with van der Waals surface area (Å²) in [6, 6.07) is 8.02. The Kier molecular flexibility index (Phi) is 3.19. The van der Waals surface area contributed by atoms with Gasteiger partial charge in [0.2, 0.25) is 0 Å². The molecule has 0 amide bonds. The predicted molar refractivity (Wildman–Crippen MR) is 68.3 cm³/mol. The van der Waals surface area contributed by atoms with Crippen LogP contribution in [-0.2, 0) is 7.05 Å². The van der Waals surface area contributed by atoms with Gasteiger partial charge in [0.15, 0.2) is 0 Å². The molecule has 1 aromatic carbocycles. The highest BCUT2D eigenvalue weighted by Gasteiger charge is 2.08. The van der Waals surface area contributed by atoms with Crippen LogP contribution in [0.1, 0.15) is 17.7 Å². The Balaban J connectivity index is 2.11. The number of rotatable bonds is 3. The first-order valence-electron chi connectivity index (χ1n) is 5.16. The van der Waals surface area contributed by atoms with Crippen LogP contribution in [0.2, 0.25) is 0 Å². The molecular weight excluding hydrogens is 218 g/mol. The Morgan fingerprint density at radius 3 is 2.88 bits per heavy atom. The van der Waals surface area contributed by atoms with E-state index >= 15 is 0 Å². The summed E-state index contributed by atoms with van der Waals surface area (Å²) < 4.78 is 1.81. The molecule has 1 heterocycles. The third kappa shape index (κ3) is 2.58. The summed E-state index contributed by atoms with van der Waals surface area (Å²) in [7, 11) is 1.93. The topological polar surface area (TPSA) is 43.8 Å². The van der Waals surface area contributed by atoms with Crippen molar-refractivity contribution in [2.75, 3.05) is 5.73 Å². The maximum atomic E-state index is 5.77. The van der Waals surface area contributed by atoms with Crippen LogP contribution in [0, 0.1) is 0 Å². The number of anilines is 1. The fraction of sp³-hybridized carbons (Fsp3) is 0.250. The van der Waals surface area contributed by atoms with Crippen LogP contribution < -0.4 is 5.73 Å². The number of aromatic nitrogens is 2. The summed E-state index contributed by atoms with van der Waals surface area (Å²) in [5, 5.41) is 4.53. The molecule has 4 heteroatoms. The minimum Gasteiger partial charge on any atom is -0.399 e. The first kappa shape index (κ1) is 11.1. The summed E-state index contributed by atoms with van der Waals surface area (Å²) in [5.41, 5.74) is 7.83. The number of nitrogen functional groups attached to an aromatic ring is 1. The molecule has 1 atom stereocenters. The van der Waals surface area contributed by atoms with Crippen molar-refractivity contribution in [2.24, 2.45) is 7.05 Å². The van der Waals surface area contributed by atoms with Crippen molar-refractivity contribution in [1.82, 2.24) is 9.78 Å². The summed E-state index contributed by atoms with van der Waals surface area (Å²) >= 11 is 1.79. The van der Waals surface area contributed by atoms with Gasteiger partial charge in [-0.1, -0.05) is 12.1 Å². The summed E-state index contributed by atoms with van der Waals surface area (Å²) in [5.74, 6) is 0. The lowest BCUT2D eigenvalue weighted by Crippen LogP contribution is -1.91. The molecule has 2 aromatic rings. The molecule has 3 nitrogen and oxygen atoms in total. The molecule has 0 saturated heterocycles. The lowest BCUT2D eigenvalue weighted by Gasteiger charge is -2.10. The summed E-state index contributed by atoms with van der Waals surface area (Å²) in [6.45, 7) is 2.17. The molecule has 0 bridgehead atoms. The van der Waals surface area contributed by atoms with E-state index in [-0.39, 0.29) is 0 Å². The lowest BCUT2D eigenvalue weighted by atomic mass is 10.1. The Morgan fingerprint density at radius 1 is 1.44 bits per heavy atom. The van der Waals surface area contributed by atoms with Gasteiger partial charge in [0.1, 0.15) is 0 Å². The number of nitrogens with zero attached hydrogens (tertiary/aromatic N) is 2. The fourth-order valence-corrected chi connectivity index (χ4v) is 2.56. The molecule has 0 aliphatic rings. The average molecular weight is 233 g/mol. The van der Waals surface area contributed by atoms with E-state index in [1.165, 1.54) is 10.5 Å². The molecular formula is C12H15N3S. The van der Waals surface area contributed by atoms with E-state index in [1.54, 1.807) is 11.8 Å². The highest BCUT2D eigenvalue weighted by molar-refractivity contribution is 7.99. The van der Waals surface area contributed by atoms with Gasteiger partial charge in [0.05, 0.1) is 6.20 Å². The highest BCUT2D eigenvalue weighted by atomic mass is 32.2. The maximum absolute atomic E-state index is 5.77. The zero-order chi connectivity index (χ0) is 11.5. The molecule has 2 rings (SSSR count). The minimum absolute atomic E-state index is 0.382. The van der Waals surface area contributed by atoms with E-state index in [4.69, 9.17) is 5.73 Å². The molecule has 1 aromatic heterocycles. The number of nitrogens with two attached hydrogens (primary N) is 1. The van der Waals surface area contributed by atoms with Crippen molar-refractivity contribution < 1.29 is 0 Å². The normalized spacial score (nSPS) is 12.6. The molecule has 0 saturated carbocycles. The van der Waals surface area contributed by atoms with Crippen molar-refractivity contribution >= 4 is 17.4 Å². The van der Waals surface area contributed by atoms with E-state index in [2.05, 4.69) is 18.1 Å². The van der Waals surface area contributed by atoms with Crippen LogP contribution in [0.5, 0.6) is 0 Å². The van der Waals surface area contributed by atoms with Crippen molar-refractivity contribution in [3.63, 3.8) is 0 Å². The van der Waals surface area contributed by atoms with Crippen LogP contribution in [0.4, 0.5) is 5.69 Å². The minimum atomic E-state index is 0.382. The van der Waals surface area contributed by atoms with Gasteiger partial charge in [0.25, 0.3) is 0 Å². The third-order valence-corrected chi connectivity index (χ3v) is 3.48. The molecule has 0 fully saturated rings. The Bertz CT molecular complexity index is 479. The van der Waals surface area contributed by atoms with Crippen LogP contribution in [0.3, 0.4) is 0 Å². The third-order valence-electron chi connectivity index (χ3n) is 2.37. The van der Waals surface area contributed by atoms with Gasteiger partial charge < -0.3 is 5.73 Å². The Morgan fingerprint density at radius 2 is 2.25 bits per heavy atom. The first-order valence-corrected chi connectivity index (χ1v) is 6.04. The molecule has 0 aliphatic heterocycles. The van der Waals surface area contributed by atoms with Crippen molar-refractivity contribution in [3.8, 4) is 0 Å². The largest absolute Gasteiger partial charge is 0.399 e. The van der Waals surface area contributed by atoms with Gasteiger partial charge in [-0.05, 0) is 24.6 Å². The van der Waals surface area contributed by atoms with Gasteiger partial charge in [-0.3, -0.25) is 4.68 Å². The predicted octanol–water partition coefficient (Wildman–Crippen LogP) is 2.86. The first-order chi connectivity index (χ1) is 7.65. The number of hydrogen-bond acceptors (Lipinski definition) is 3. The number of thioether (sulfide) groups is 1. The van der Waals surface area contributed by atoms with E-state index in [0.717, 1.165) is 5.69 Å². The van der Waals surface area contributed by atoms with E-state index < -0.39 is 0 Å². The Labute approximate surface area is 99.7 Å². The Hall–Kier alpha value is -1.42. The van der Waals surface area contributed by atoms with Gasteiger partial charge in [-0.25, -0.2) is 0 Å². The quantitative estimate of drug-likeness (QED) is 0.655.